The first-order valence-corrected chi connectivity index (χ1v) is 5.09. The van der Waals surface area contributed by atoms with E-state index in [2.05, 4.69) is 4.99 Å². The summed E-state index contributed by atoms with van der Waals surface area (Å²) in [4.78, 5) is 15.0. The molecule has 17 heavy (non-hydrogen) atoms. The summed E-state index contributed by atoms with van der Waals surface area (Å²) >= 11 is 0. The van der Waals surface area contributed by atoms with E-state index in [1.807, 2.05) is 0 Å². The van der Waals surface area contributed by atoms with Gasteiger partial charge >= 0.3 is 6.18 Å². The van der Waals surface area contributed by atoms with E-state index in [4.69, 9.17) is 0 Å². The minimum Gasteiger partial charge on any atom is -0.293 e. The molecule has 1 aliphatic rings. The number of Topliss-reactive ketones (excluding diaryl/α,β-unsaturated/α-hetero) is 1. The van der Waals surface area contributed by atoms with Gasteiger partial charge in [0, 0.05) is 0 Å². The summed E-state index contributed by atoms with van der Waals surface area (Å²) in [5, 5.41) is 0. The largest absolute Gasteiger partial charge is 0.418 e. The number of carbonyl (C=O) groups is 1. The van der Waals surface area contributed by atoms with Crippen LogP contribution >= 0.6 is 0 Å². The molecule has 0 bridgehead atoms. The van der Waals surface area contributed by atoms with Crippen molar-refractivity contribution in [3.63, 3.8) is 0 Å². The van der Waals surface area contributed by atoms with Crippen LogP contribution in [-0.2, 0) is 10.3 Å². The van der Waals surface area contributed by atoms with Gasteiger partial charge in [0.05, 0.1) is 12.1 Å². The first-order chi connectivity index (χ1) is 7.87. The zero-order valence-electron chi connectivity index (χ0n) is 9.08. The van der Waals surface area contributed by atoms with Crippen molar-refractivity contribution >= 4 is 11.5 Å². The van der Waals surface area contributed by atoms with Crippen molar-refractivity contribution in [1.29, 1.82) is 0 Å². The zero-order chi connectivity index (χ0) is 12.7. The Kier molecular flexibility index (Phi) is 2.56. The van der Waals surface area contributed by atoms with Crippen LogP contribution in [0.15, 0.2) is 35.3 Å². The SMILES string of the molecule is CC1=NC(c2ccccc2)(C(F)(F)F)CC1=O. The highest BCUT2D eigenvalue weighted by atomic mass is 19.4. The van der Waals surface area contributed by atoms with Crippen LogP contribution in [0.25, 0.3) is 0 Å². The highest BCUT2D eigenvalue weighted by molar-refractivity contribution is 6.40. The average molecular weight is 241 g/mol. The third kappa shape index (κ3) is 1.75. The molecule has 90 valence electrons. The lowest BCUT2D eigenvalue weighted by atomic mass is 9.87. The van der Waals surface area contributed by atoms with Crippen LogP contribution in [0.3, 0.4) is 0 Å². The maximum absolute atomic E-state index is 13.2. The molecule has 5 heteroatoms. The van der Waals surface area contributed by atoms with Crippen LogP contribution < -0.4 is 0 Å². The molecule has 0 aromatic heterocycles. The molecular weight excluding hydrogens is 231 g/mol. The van der Waals surface area contributed by atoms with Gasteiger partial charge in [-0.1, -0.05) is 30.3 Å². The van der Waals surface area contributed by atoms with Crippen LogP contribution in [0.4, 0.5) is 13.2 Å². The lowest BCUT2D eigenvalue weighted by Crippen LogP contribution is -2.39. The maximum atomic E-state index is 13.2. The predicted octanol–water partition coefficient (Wildman–Crippen LogP) is 2.88. The van der Waals surface area contributed by atoms with Crippen molar-refractivity contribution in [3.05, 3.63) is 35.9 Å². The smallest absolute Gasteiger partial charge is 0.293 e. The Balaban J connectivity index is 2.60. The highest BCUT2D eigenvalue weighted by Gasteiger charge is 2.59. The van der Waals surface area contributed by atoms with Crippen molar-refractivity contribution in [2.24, 2.45) is 4.99 Å². The minimum absolute atomic E-state index is 0.0118. The number of alkyl halides is 3. The summed E-state index contributed by atoms with van der Waals surface area (Å²) in [6, 6.07) is 7.35. The molecule has 2 nitrogen and oxygen atoms in total. The van der Waals surface area contributed by atoms with Crippen LogP contribution in [0, 0.1) is 0 Å². The molecule has 2 rings (SSSR count). The number of benzene rings is 1. The van der Waals surface area contributed by atoms with Gasteiger partial charge in [0.15, 0.2) is 11.3 Å². The first kappa shape index (κ1) is 11.8. The lowest BCUT2D eigenvalue weighted by Gasteiger charge is -2.28. The van der Waals surface area contributed by atoms with E-state index in [0.29, 0.717) is 0 Å². The molecule has 1 heterocycles. The second-order valence-electron chi connectivity index (χ2n) is 4.02. The number of aliphatic imine (C=N–C) groups is 1. The van der Waals surface area contributed by atoms with Crippen molar-refractivity contribution < 1.29 is 18.0 Å². The minimum atomic E-state index is -4.57. The van der Waals surface area contributed by atoms with E-state index in [0.717, 1.165) is 0 Å². The Bertz CT molecular complexity index is 478. The van der Waals surface area contributed by atoms with E-state index in [9.17, 15) is 18.0 Å². The molecule has 1 aliphatic heterocycles. The third-order valence-electron chi connectivity index (χ3n) is 2.90. The van der Waals surface area contributed by atoms with Gasteiger partial charge in [-0.15, -0.1) is 0 Å². The monoisotopic (exact) mass is 241 g/mol. The quantitative estimate of drug-likeness (QED) is 0.743. The molecule has 1 unspecified atom stereocenters. The lowest BCUT2D eigenvalue weighted by molar-refractivity contribution is -0.188. The highest BCUT2D eigenvalue weighted by Crippen LogP contribution is 2.47. The second-order valence-corrected chi connectivity index (χ2v) is 4.02. The van der Waals surface area contributed by atoms with E-state index < -0.39 is 23.9 Å². The van der Waals surface area contributed by atoms with Gasteiger partial charge in [0.2, 0.25) is 0 Å². The fourth-order valence-electron chi connectivity index (χ4n) is 1.96. The van der Waals surface area contributed by atoms with Gasteiger partial charge < -0.3 is 0 Å². The predicted molar refractivity (Wildman–Crippen MR) is 56.9 cm³/mol. The van der Waals surface area contributed by atoms with Gasteiger partial charge in [0.1, 0.15) is 0 Å². The number of ketones is 1. The van der Waals surface area contributed by atoms with E-state index >= 15 is 0 Å². The van der Waals surface area contributed by atoms with E-state index in [1.54, 1.807) is 6.07 Å². The number of rotatable bonds is 1. The van der Waals surface area contributed by atoms with Gasteiger partial charge in [-0.2, -0.15) is 13.2 Å². The number of hydrogen-bond donors (Lipinski definition) is 0. The molecule has 1 aromatic rings. The normalized spacial score (nSPS) is 24.9. The van der Waals surface area contributed by atoms with Crippen molar-refractivity contribution in [2.75, 3.05) is 0 Å². The van der Waals surface area contributed by atoms with Crippen molar-refractivity contribution in [3.8, 4) is 0 Å². The molecule has 0 aliphatic carbocycles. The third-order valence-corrected chi connectivity index (χ3v) is 2.90. The van der Waals surface area contributed by atoms with E-state index in [-0.39, 0.29) is 11.3 Å². The molecule has 0 saturated heterocycles. The van der Waals surface area contributed by atoms with Crippen LogP contribution in [-0.4, -0.2) is 17.7 Å². The second kappa shape index (κ2) is 3.68. The Morgan fingerprint density at radius 2 is 1.82 bits per heavy atom. The van der Waals surface area contributed by atoms with Crippen LogP contribution in [0.5, 0.6) is 0 Å². The Morgan fingerprint density at radius 1 is 1.24 bits per heavy atom. The summed E-state index contributed by atoms with van der Waals surface area (Å²) in [6.07, 6.45) is -5.20. The fourth-order valence-corrected chi connectivity index (χ4v) is 1.96. The molecule has 1 aromatic carbocycles. The van der Waals surface area contributed by atoms with Gasteiger partial charge in [0.25, 0.3) is 0 Å². The van der Waals surface area contributed by atoms with Gasteiger partial charge in [-0.3, -0.25) is 9.79 Å². The number of halogens is 3. The Hall–Kier alpha value is -1.65. The fraction of sp³-hybridized carbons (Fsp3) is 0.333. The van der Waals surface area contributed by atoms with Crippen LogP contribution in [0.2, 0.25) is 0 Å². The molecule has 0 radical (unpaired) electrons. The number of carbonyl (C=O) groups excluding carboxylic acids is 1. The molecule has 0 saturated carbocycles. The summed E-state index contributed by atoms with van der Waals surface area (Å²) < 4.78 is 39.6. The molecule has 0 spiro atoms. The van der Waals surface area contributed by atoms with Crippen LogP contribution in [0.1, 0.15) is 18.9 Å². The molecular formula is C12H10F3NO. The van der Waals surface area contributed by atoms with Gasteiger partial charge in [-0.05, 0) is 12.5 Å². The average Bonchev–Trinajstić information content (AvgIpc) is 2.57. The first-order valence-electron chi connectivity index (χ1n) is 5.09. The maximum Gasteiger partial charge on any atom is 0.418 e. The standard InChI is InChI=1S/C12H10F3NO/c1-8-10(17)7-11(16-8,12(13,14)15)9-5-3-2-4-6-9/h2-6H,7H2,1H3. The number of nitrogens with zero attached hydrogens (tertiary/aromatic N) is 1. The number of hydrogen-bond acceptors (Lipinski definition) is 2. The Morgan fingerprint density at radius 3 is 2.24 bits per heavy atom. The topological polar surface area (TPSA) is 29.4 Å². The van der Waals surface area contributed by atoms with E-state index in [1.165, 1.54) is 31.2 Å². The molecule has 0 N–H and O–H groups in total. The summed E-state index contributed by atoms with van der Waals surface area (Å²) in [5.41, 5.74) is -2.45. The zero-order valence-corrected chi connectivity index (χ0v) is 9.08. The van der Waals surface area contributed by atoms with Crippen molar-refractivity contribution in [1.82, 2.24) is 0 Å². The summed E-state index contributed by atoms with van der Waals surface area (Å²) in [6.45, 7) is 1.32. The molecule has 1 atom stereocenters. The summed E-state index contributed by atoms with van der Waals surface area (Å²) in [7, 11) is 0. The molecule has 0 fully saturated rings. The molecule has 0 amide bonds. The summed E-state index contributed by atoms with van der Waals surface area (Å²) in [5.74, 6) is -0.550. The Labute approximate surface area is 96.2 Å². The van der Waals surface area contributed by atoms with Crippen molar-refractivity contribution in [2.45, 2.75) is 25.1 Å². The van der Waals surface area contributed by atoms with Gasteiger partial charge in [-0.25, -0.2) is 0 Å².